The van der Waals surface area contributed by atoms with Crippen LogP contribution in [-0.4, -0.2) is 35.1 Å². The summed E-state index contributed by atoms with van der Waals surface area (Å²) < 4.78 is 0. The Kier molecular flexibility index (Phi) is 3.47. The number of piperazine rings is 1. The Balaban J connectivity index is 2.41. The highest BCUT2D eigenvalue weighted by Crippen LogP contribution is 2.28. The number of aromatic nitrogens is 1. The number of nitro groups is 1. The minimum atomic E-state index is -0.360. The van der Waals surface area contributed by atoms with E-state index in [2.05, 4.69) is 17.2 Å². The molecule has 0 aliphatic carbocycles. The first-order chi connectivity index (χ1) is 8.49. The van der Waals surface area contributed by atoms with Gasteiger partial charge in [0, 0.05) is 36.9 Å². The lowest BCUT2D eigenvalue weighted by Crippen LogP contribution is -2.54. The van der Waals surface area contributed by atoms with E-state index < -0.39 is 0 Å². The van der Waals surface area contributed by atoms with E-state index >= 15 is 0 Å². The van der Waals surface area contributed by atoms with Crippen LogP contribution in [0, 0.1) is 17.0 Å². The second-order valence-corrected chi connectivity index (χ2v) is 4.86. The third-order valence-electron chi connectivity index (χ3n) is 3.23. The Morgan fingerprint density at radius 2 is 2.22 bits per heavy atom. The van der Waals surface area contributed by atoms with Gasteiger partial charge in [0.05, 0.1) is 4.92 Å². The zero-order chi connectivity index (χ0) is 13.3. The number of hydrogen-bond acceptors (Lipinski definition) is 5. The molecule has 2 atom stereocenters. The predicted octanol–water partition coefficient (Wildman–Crippen LogP) is 1.48. The number of pyridine rings is 1. The van der Waals surface area contributed by atoms with E-state index in [9.17, 15) is 10.1 Å². The summed E-state index contributed by atoms with van der Waals surface area (Å²) in [4.78, 5) is 17.1. The van der Waals surface area contributed by atoms with Gasteiger partial charge in [-0.05, 0) is 26.8 Å². The molecule has 1 aliphatic heterocycles. The van der Waals surface area contributed by atoms with Crippen LogP contribution in [0.2, 0.25) is 0 Å². The van der Waals surface area contributed by atoms with Gasteiger partial charge in [0.25, 0.3) is 0 Å². The van der Waals surface area contributed by atoms with Crippen molar-refractivity contribution in [2.75, 3.05) is 18.0 Å². The topological polar surface area (TPSA) is 71.3 Å². The van der Waals surface area contributed by atoms with Crippen molar-refractivity contribution in [3.8, 4) is 0 Å². The lowest BCUT2D eigenvalue weighted by molar-refractivity contribution is -0.384. The quantitative estimate of drug-likeness (QED) is 0.636. The summed E-state index contributed by atoms with van der Waals surface area (Å²) in [6, 6.07) is 3.73. The average Bonchev–Trinajstić information content (AvgIpc) is 2.31. The molecule has 2 rings (SSSR count). The Labute approximate surface area is 106 Å². The molecule has 0 saturated carbocycles. The van der Waals surface area contributed by atoms with E-state index in [1.165, 1.54) is 6.07 Å². The highest BCUT2D eigenvalue weighted by Gasteiger charge is 2.29. The van der Waals surface area contributed by atoms with Gasteiger partial charge in [-0.25, -0.2) is 4.98 Å². The van der Waals surface area contributed by atoms with Crippen LogP contribution in [0.5, 0.6) is 0 Å². The van der Waals surface area contributed by atoms with Crippen molar-refractivity contribution in [1.82, 2.24) is 10.3 Å². The maximum atomic E-state index is 11.1. The monoisotopic (exact) mass is 250 g/mol. The van der Waals surface area contributed by atoms with Gasteiger partial charge in [-0.1, -0.05) is 0 Å². The van der Waals surface area contributed by atoms with Gasteiger partial charge < -0.3 is 10.2 Å². The summed E-state index contributed by atoms with van der Waals surface area (Å²) in [5, 5.41) is 14.4. The molecule has 0 aromatic carbocycles. The molecule has 2 heterocycles. The fourth-order valence-electron chi connectivity index (χ4n) is 2.21. The zero-order valence-electron chi connectivity index (χ0n) is 10.9. The third kappa shape index (κ3) is 2.43. The number of hydrogen-bond donors (Lipinski definition) is 1. The number of rotatable bonds is 2. The summed E-state index contributed by atoms with van der Waals surface area (Å²) in [5.74, 6) is 0.487. The van der Waals surface area contributed by atoms with E-state index in [1.807, 2.05) is 18.7 Å². The van der Waals surface area contributed by atoms with Crippen LogP contribution in [0.3, 0.4) is 0 Å². The molecule has 1 aromatic rings. The van der Waals surface area contributed by atoms with E-state index in [0.29, 0.717) is 11.9 Å². The van der Waals surface area contributed by atoms with Crippen molar-refractivity contribution in [2.24, 2.45) is 0 Å². The summed E-state index contributed by atoms with van der Waals surface area (Å²) in [6.07, 6.45) is 0. The smallest absolute Gasteiger partial charge is 0.311 e. The molecule has 0 amide bonds. The Morgan fingerprint density at radius 3 is 2.89 bits per heavy atom. The fraction of sp³-hybridized carbons (Fsp3) is 0.583. The minimum absolute atomic E-state index is 0.0848. The molecule has 1 N–H and O–H groups in total. The highest BCUT2D eigenvalue weighted by atomic mass is 16.6. The molecule has 6 nitrogen and oxygen atoms in total. The van der Waals surface area contributed by atoms with E-state index in [1.54, 1.807) is 6.07 Å². The number of nitrogens with zero attached hydrogens (tertiary/aromatic N) is 3. The van der Waals surface area contributed by atoms with Gasteiger partial charge in [-0.15, -0.1) is 0 Å². The van der Waals surface area contributed by atoms with Crippen LogP contribution in [0.15, 0.2) is 12.1 Å². The van der Waals surface area contributed by atoms with Crippen molar-refractivity contribution in [3.63, 3.8) is 0 Å². The summed E-state index contributed by atoms with van der Waals surface area (Å²) in [5.41, 5.74) is 0.885. The molecule has 0 bridgehead atoms. The Hall–Kier alpha value is -1.69. The SMILES string of the molecule is Cc1ccc([N+](=O)[O-])c(N2CC(C)NCC2C)n1. The second-order valence-electron chi connectivity index (χ2n) is 4.86. The van der Waals surface area contributed by atoms with Gasteiger partial charge in [-0.3, -0.25) is 10.1 Å². The molecule has 2 unspecified atom stereocenters. The molecule has 0 radical (unpaired) electrons. The standard InChI is InChI=1S/C12H18N4O2/c1-8-4-5-11(16(17)18)12(14-8)15-7-9(2)13-6-10(15)3/h4-5,9-10,13H,6-7H2,1-3H3. The number of aryl methyl sites for hydroxylation is 1. The van der Waals surface area contributed by atoms with Crippen LogP contribution in [0.25, 0.3) is 0 Å². The predicted molar refractivity (Wildman–Crippen MR) is 69.9 cm³/mol. The van der Waals surface area contributed by atoms with Gasteiger partial charge in [-0.2, -0.15) is 0 Å². The largest absolute Gasteiger partial charge is 0.345 e. The van der Waals surface area contributed by atoms with E-state index in [4.69, 9.17) is 0 Å². The molecule has 1 aromatic heterocycles. The molecular formula is C12H18N4O2. The zero-order valence-corrected chi connectivity index (χ0v) is 10.9. The number of anilines is 1. The molecule has 0 spiro atoms. The summed E-state index contributed by atoms with van der Waals surface area (Å²) in [7, 11) is 0. The molecule has 1 saturated heterocycles. The second kappa shape index (κ2) is 4.89. The first kappa shape index (κ1) is 12.8. The molecule has 6 heteroatoms. The van der Waals surface area contributed by atoms with Crippen molar-refractivity contribution < 1.29 is 4.92 Å². The normalized spacial score (nSPS) is 24.1. The van der Waals surface area contributed by atoms with E-state index in [-0.39, 0.29) is 16.7 Å². The van der Waals surface area contributed by atoms with Crippen LogP contribution in [-0.2, 0) is 0 Å². The molecule has 1 fully saturated rings. The number of nitrogens with one attached hydrogen (secondary N) is 1. The van der Waals surface area contributed by atoms with Crippen molar-refractivity contribution >= 4 is 11.5 Å². The van der Waals surface area contributed by atoms with Crippen LogP contribution < -0.4 is 10.2 Å². The first-order valence-corrected chi connectivity index (χ1v) is 6.11. The van der Waals surface area contributed by atoms with Gasteiger partial charge in [0.1, 0.15) is 0 Å². The van der Waals surface area contributed by atoms with Crippen LogP contribution in [0.4, 0.5) is 11.5 Å². The van der Waals surface area contributed by atoms with Crippen molar-refractivity contribution in [2.45, 2.75) is 32.9 Å². The lowest BCUT2D eigenvalue weighted by atomic mass is 10.1. The maximum absolute atomic E-state index is 11.1. The summed E-state index contributed by atoms with van der Waals surface area (Å²) in [6.45, 7) is 7.52. The molecule has 98 valence electrons. The van der Waals surface area contributed by atoms with Crippen molar-refractivity contribution in [1.29, 1.82) is 0 Å². The van der Waals surface area contributed by atoms with Gasteiger partial charge in [0.15, 0.2) is 0 Å². The molecule has 1 aliphatic rings. The first-order valence-electron chi connectivity index (χ1n) is 6.11. The Bertz CT molecular complexity index is 463. The minimum Gasteiger partial charge on any atom is -0.345 e. The average molecular weight is 250 g/mol. The summed E-state index contributed by atoms with van der Waals surface area (Å²) >= 11 is 0. The van der Waals surface area contributed by atoms with Gasteiger partial charge in [0.2, 0.25) is 5.82 Å². The van der Waals surface area contributed by atoms with Crippen LogP contribution in [0.1, 0.15) is 19.5 Å². The fourth-order valence-corrected chi connectivity index (χ4v) is 2.21. The third-order valence-corrected chi connectivity index (χ3v) is 3.23. The molecule has 18 heavy (non-hydrogen) atoms. The van der Waals surface area contributed by atoms with E-state index in [0.717, 1.165) is 18.8 Å². The maximum Gasteiger partial charge on any atom is 0.311 e. The Morgan fingerprint density at radius 1 is 1.50 bits per heavy atom. The van der Waals surface area contributed by atoms with Gasteiger partial charge >= 0.3 is 5.69 Å². The highest BCUT2D eigenvalue weighted by molar-refractivity contribution is 5.59. The van der Waals surface area contributed by atoms with Crippen molar-refractivity contribution in [3.05, 3.63) is 27.9 Å². The molecular weight excluding hydrogens is 232 g/mol. The lowest BCUT2D eigenvalue weighted by Gasteiger charge is -2.38. The van der Waals surface area contributed by atoms with Crippen LogP contribution >= 0.6 is 0 Å².